The quantitative estimate of drug-likeness (QED) is 0.132. The first kappa shape index (κ1) is 31.7. The zero-order valence-corrected chi connectivity index (χ0v) is 28.3. The van der Waals surface area contributed by atoms with E-state index in [4.69, 9.17) is 0 Å². The summed E-state index contributed by atoms with van der Waals surface area (Å²) >= 11 is 0. The molecule has 7 aromatic rings. The van der Waals surface area contributed by atoms with Crippen LogP contribution in [0, 0.1) is 37.1 Å². The second kappa shape index (κ2) is 12.2. The van der Waals surface area contributed by atoms with E-state index in [0.29, 0.717) is 22.7 Å². The molecule has 0 aliphatic carbocycles. The molecule has 2 heterocycles. The van der Waals surface area contributed by atoms with Crippen LogP contribution in [-0.4, -0.2) is 6.71 Å². The highest BCUT2D eigenvalue weighted by Crippen LogP contribution is 2.48. The number of hydrogen-bond donors (Lipinski definition) is 0. The van der Waals surface area contributed by atoms with Gasteiger partial charge in [-0.3, -0.25) is 0 Å². The summed E-state index contributed by atoms with van der Waals surface area (Å²) in [5.41, 5.74) is 10.8. The maximum atomic E-state index is 15.1. The van der Waals surface area contributed by atoms with Crippen molar-refractivity contribution in [3.8, 4) is 0 Å². The monoisotopic (exact) mass is 687 g/mol. The molecule has 0 unspecified atom stereocenters. The molecule has 2 aliphatic heterocycles. The van der Waals surface area contributed by atoms with Crippen LogP contribution in [0.2, 0.25) is 0 Å². The standard InChI is InChI=1S/C44H30BF4N3/c1-27-13-15-40-38(17-27)45-39-18-28(2)14-16-41(39)52(36-23-31(48)20-32(49)24-36)43-26-37(50(33-9-5-3-6-10-33)34-11-7-4-8-12-34)25-42(44(43)45)51(40)35-21-29(46)19-30(47)22-35/h3-26H,1-2H3. The Kier molecular flexibility index (Phi) is 7.43. The van der Waals surface area contributed by atoms with E-state index < -0.39 is 23.3 Å². The Morgan fingerprint density at radius 1 is 0.423 bits per heavy atom. The van der Waals surface area contributed by atoms with Crippen LogP contribution in [0.5, 0.6) is 0 Å². The van der Waals surface area contributed by atoms with E-state index in [1.165, 1.54) is 24.3 Å². The average Bonchev–Trinajstić information content (AvgIpc) is 3.12. The van der Waals surface area contributed by atoms with Crippen molar-refractivity contribution in [3.63, 3.8) is 0 Å². The van der Waals surface area contributed by atoms with Crippen LogP contribution in [-0.2, 0) is 0 Å². The minimum atomic E-state index is -0.705. The zero-order chi connectivity index (χ0) is 35.7. The first-order chi connectivity index (χ1) is 25.2. The molecular formula is C44H30BF4N3. The summed E-state index contributed by atoms with van der Waals surface area (Å²) in [7, 11) is 0. The van der Waals surface area contributed by atoms with Crippen molar-refractivity contribution < 1.29 is 17.6 Å². The minimum absolute atomic E-state index is 0.310. The number of nitrogens with zero attached hydrogens (tertiary/aromatic N) is 3. The summed E-state index contributed by atoms with van der Waals surface area (Å²) in [6, 6.07) is 43.2. The molecule has 0 bridgehead atoms. The van der Waals surface area contributed by atoms with Gasteiger partial charge in [0.15, 0.2) is 0 Å². The molecule has 0 aromatic heterocycles. The Labute approximate surface area is 299 Å². The Hall–Kier alpha value is -6.28. The van der Waals surface area contributed by atoms with Gasteiger partial charge in [0.2, 0.25) is 0 Å². The van der Waals surface area contributed by atoms with Crippen molar-refractivity contribution in [2.75, 3.05) is 14.7 Å². The molecule has 252 valence electrons. The van der Waals surface area contributed by atoms with E-state index in [9.17, 15) is 0 Å². The highest BCUT2D eigenvalue weighted by molar-refractivity contribution is 7.00. The van der Waals surface area contributed by atoms with Gasteiger partial charge in [0, 0.05) is 46.3 Å². The molecule has 52 heavy (non-hydrogen) atoms. The number of para-hydroxylation sites is 2. The lowest BCUT2D eigenvalue weighted by molar-refractivity contribution is 0.583. The molecule has 3 nitrogen and oxygen atoms in total. The van der Waals surface area contributed by atoms with Crippen LogP contribution >= 0.6 is 0 Å². The molecule has 0 atom stereocenters. The molecule has 0 saturated heterocycles. The third-order valence-corrected chi connectivity index (χ3v) is 9.86. The van der Waals surface area contributed by atoms with E-state index in [1.54, 1.807) is 0 Å². The van der Waals surface area contributed by atoms with Crippen molar-refractivity contribution in [2.45, 2.75) is 13.8 Å². The van der Waals surface area contributed by atoms with Gasteiger partial charge in [-0.25, -0.2) is 17.6 Å². The Balaban J connectivity index is 1.44. The number of benzene rings is 7. The highest BCUT2D eigenvalue weighted by Gasteiger charge is 2.44. The van der Waals surface area contributed by atoms with E-state index in [2.05, 4.69) is 17.0 Å². The molecule has 0 fully saturated rings. The van der Waals surface area contributed by atoms with Gasteiger partial charge < -0.3 is 14.7 Å². The lowest BCUT2D eigenvalue weighted by Crippen LogP contribution is -2.61. The Morgan fingerprint density at radius 3 is 1.23 bits per heavy atom. The number of hydrogen-bond acceptors (Lipinski definition) is 3. The maximum Gasteiger partial charge on any atom is 0.252 e. The van der Waals surface area contributed by atoms with E-state index >= 15 is 17.6 Å². The van der Waals surface area contributed by atoms with Crippen LogP contribution in [0.25, 0.3) is 0 Å². The molecular weight excluding hydrogens is 657 g/mol. The lowest BCUT2D eigenvalue weighted by Gasteiger charge is -2.45. The normalized spacial score (nSPS) is 12.7. The van der Waals surface area contributed by atoms with Crippen LogP contribution in [0.4, 0.5) is 68.7 Å². The van der Waals surface area contributed by atoms with Gasteiger partial charge >= 0.3 is 0 Å². The van der Waals surface area contributed by atoms with E-state index in [0.717, 1.165) is 68.1 Å². The highest BCUT2D eigenvalue weighted by atomic mass is 19.1. The number of anilines is 9. The second-order valence-corrected chi connectivity index (χ2v) is 13.4. The van der Waals surface area contributed by atoms with E-state index in [1.807, 2.05) is 121 Å². The smallest absolute Gasteiger partial charge is 0.252 e. The molecule has 7 aromatic carbocycles. The van der Waals surface area contributed by atoms with Gasteiger partial charge in [-0.2, -0.15) is 0 Å². The number of halogens is 4. The summed E-state index contributed by atoms with van der Waals surface area (Å²) in [6.45, 7) is 3.73. The van der Waals surface area contributed by atoms with Gasteiger partial charge in [0.05, 0.1) is 17.1 Å². The van der Waals surface area contributed by atoms with Gasteiger partial charge in [-0.1, -0.05) is 71.8 Å². The molecule has 0 spiro atoms. The summed E-state index contributed by atoms with van der Waals surface area (Å²) in [6.07, 6.45) is 0. The second-order valence-electron chi connectivity index (χ2n) is 13.4. The molecule has 2 aliphatic rings. The van der Waals surface area contributed by atoms with Gasteiger partial charge in [-0.05, 0) is 103 Å². The molecule has 0 radical (unpaired) electrons. The van der Waals surface area contributed by atoms with Gasteiger partial charge in [-0.15, -0.1) is 0 Å². The van der Waals surface area contributed by atoms with Crippen LogP contribution in [0.1, 0.15) is 11.1 Å². The molecule has 0 saturated carbocycles. The predicted octanol–water partition coefficient (Wildman–Crippen LogP) is 10.4. The molecule has 0 N–H and O–H groups in total. The SMILES string of the molecule is Cc1ccc2c(c1)B1c3cc(C)ccc3N(c3cc(F)cc(F)c3)c3cc(N(c4ccccc4)c4ccccc4)cc(c31)N2c1cc(F)cc(F)c1. The summed E-state index contributed by atoms with van der Waals surface area (Å²) in [5, 5.41) is 0. The fraction of sp³-hybridized carbons (Fsp3) is 0.0455. The summed E-state index contributed by atoms with van der Waals surface area (Å²) < 4.78 is 60.5. The summed E-state index contributed by atoms with van der Waals surface area (Å²) in [4.78, 5) is 5.91. The first-order valence-electron chi connectivity index (χ1n) is 17.1. The van der Waals surface area contributed by atoms with Gasteiger partial charge in [0.25, 0.3) is 6.71 Å². The Bertz CT molecular complexity index is 2320. The number of rotatable bonds is 5. The third-order valence-electron chi connectivity index (χ3n) is 9.86. The maximum absolute atomic E-state index is 15.1. The zero-order valence-electron chi connectivity index (χ0n) is 28.3. The van der Waals surface area contributed by atoms with Crippen molar-refractivity contribution >= 4 is 74.3 Å². The fourth-order valence-corrected chi connectivity index (χ4v) is 7.85. The lowest BCUT2D eigenvalue weighted by atomic mass is 9.33. The predicted molar refractivity (Wildman–Crippen MR) is 204 cm³/mol. The van der Waals surface area contributed by atoms with Crippen molar-refractivity contribution in [3.05, 3.63) is 180 Å². The number of fused-ring (bicyclic) bond motifs is 4. The van der Waals surface area contributed by atoms with E-state index in [-0.39, 0.29) is 6.71 Å². The Morgan fingerprint density at radius 2 is 0.827 bits per heavy atom. The number of aryl methyl sites for hydroxylation is 2. The molecule has 8 heteroatoms. The molecule has 0 amide bonds. The topological polar surface area (TPSA) is 9.72 Å². The first-order valence-corrected chi connectivity index (χ1v) is 17.1. The van der Waals surface area contributed by atoms with Crippen molar-refractivity contribution in [1.82, 2.24) is 0 Å². The van der Waals surface area contributed by atoms with Crippen LogP contribution < -0.4 is 31.1 Å². The summed E-state index contributed by atoms with van der Waals surface area (Å²) in [5.74, 6) is -2.82. The molecule has 9 rings (SSSR count). The average molecular weight is 688 g/mol. The largest absolute Gasteiger partial charge is 0.311 e. The van der Waals surface area contributed by atoms with Crippen LogP contribution in [0.3, 0.4) is 0 Å². The van der Waals surface area contributed by atoms with Gasteiger partial charge in [0.1, 0.15) is 23.3 Å². The van der Waals surface area contributed by atoms with Crippen LogP contribution in [0.15, 0.2) is 146 Å². The van der Waals surface area contributed by atoms with Crippen molar-refractivity contribution in [1.29, 1.82) is 0 Å². The third kappa shape index (κ3) is 5.21. The fourth-order valence-electron chi connectivity index (χ4n) is 7.85. The van der Waals surface area contributed by atoms with Crippen molar-refractivity contribution in [2.24, 2.45) is 0 Å². The minimum Gasteiger partial charge on any atom is -0.311 e.